The minimum atomic E-state index is 0.307. The zero-order valence-corrected chi connectivity index (χ0v) is 13.5. The fourth-order valence-electron chi connectivity index (χ4n) is 3.48. The van der Waals surface area contributed by atoms with Crippen LogP contribution < -0.4 is 5.32 Å². The van der Waals surface area contributed by atoms with E-state index in [-0.39, 0.29) is 0 Å². The van der Waals surface area contributed by atoms with Gasteiger partial charge in [-0.25, -0.2) is 0 Å². The van der Waals surface area contributed by atoms with Gasteiger partial charge in [-0.15, -0.1) is 0 Å². The number of hydrogen-bond donors (Lipinski definition) is 1. The van der Waals surface area contributed by atoms with Crippen molar-refractivity contribution in [1.82, 2.24) is 10.2 Å². The summed E-state index contributed by atoms with van der Waals surface area (Å²) in [6.07, 6.45) is 10.8. The van der Waals surface area contributed by atoms with Gasteiger partial charge in [0.2, 0.25) is 0 Å². The smallest absolute Gasteiger partial charge is 0.0893 e. The molecule has 1 aliphatic carbocycles. The highest BCUT2D eigenvalue weighted by molar-refractivity contribution is 5.14. The van der Waals surface area contributed by atoms with E-state index in [4.69, 9.17) is 4.74 Å². The number of nitrogens with zero attached hydrogens (tertiary/aromatic N) is 1. The molecule has 20 heavy (non-hydrogen) atoms. The summed E-state index contributed by atoms with van der Waals surface area (Å²) >= 11 is 0. The first-order chi connectivity index (χ1) is 9.72. The van der Waals surface area contributed by atoms with E-state index in [9.17, 15) is 0 Å². The van der Waals surface area contributed by atoms with Crippen molar-refractivity contribution in [1.29, 1.82) is 0 Å². The first-order valence-electron chi connectivity index (χ1n) is 8.44. The Hall–Kier alpha value is -0.380. The van der Waals surface area contributed by atoms with Gasteiger partial charge < -0.3 is 10.1 Å². The Balaban J connectivity index is 2.02. The predicted octanol–water partition coefficient (Wildman–Crippen LogP) is 2.96. The Morgan fingerprint density at radius 2 is 2.05 bits per heavy atom. The summed E-state index contributed by atoms with van der Waals surface area (Å²) in [5.74, 6) is 0. The quantitative estimate of drug-likeness (QED) is 0.801. The number of hydrogen-bond acceptors (Lipinski definition) is 3. The standard InChI is InChI=1S/C17H32N2O/c1-14(2)19-11-12-20-16(13-19)17(18-3)15-9-7-5-4-6-8-10-15/h9,14,16-18H,4-8,10-13H2,1-3H3. The molecule has 1 N–H and O–H groups in total. The maximum atomic E-state index is 6.09. The third-order valence-electron chi connectivity index (χ3n) is 4.76. The van der Waals surface area contributed by atoms with Gasteiger partial charge in [0.25, 0.3) is 0 Å². The van der Waals surface area contributed by atoms with Crippen LogP contribution >= 0.6 is 0 Å². The molecule has 0 saturated carbocycles. The van der Waals surface area contributed by atoms with E-state index in [1.165, 1.54) is 38.5 Å². The van der Waals surface area contributed by atoms with Gasteiger partial charge in [-0.2, -0.15) is 0 Å². The Morgan fingerprint density at radius 3 is 2.80 bits per heavy atom. The summed E-state index contributed by atoms with van der Waals surface area (Å²) in [6, 6.07) is 1.01. The average molecular weight is 280 g/mol. The third-order valence-corrected chi connectivity index (χ3v) is 4.76. The lowest BCUT2D eigenvalue weighted by Crippen LogP contribution is -2.53. The van der Waals surface area contributed by atoms with Crippen molar-refractivity contribution in [2.75, 3.05) is 26.7 Å². The molecule has 1 aliphatic heterocycles. The molecular weight excluding hydrogens is 248 g/mol. The molecular formula is C17H32N2O. The van der Waals surface area contributed by atoms with Crippen LogP contribution in [0.4, 0.5) is 0 Å². The highest BCUT2D eigenvalue weighted by Gasteiger charge is 2.30. The van der Waals surface area contributed by atoms with Crippen LogP contribution in [0, 0.1) is 0 Å². The predicted molar refractivity (Wildman–Crippen MR) is 85.1 cm³/mol. The molecule has 3 nitrogen and oxygen atoms in total. The number of allylic oxidation sites excluding steroid dienone is 1. The summed E-state index contributed by atoms with van der Waals surface area (Å²) in [7, 11) is 2.09. The van der Waals surface area contributed by atoms with Gasteiger partial charge >= 0.3 is 0 Å². The second-order valence-corrected chi connectivity index (χ2v) is 6.50. The van der Waals surface area contributed by atoms with E-state index >= 15 is 0 Å². The van der Waals surface area contributed by atoms with Crippen LogP contribution in [-0.2, 0) is 4.74 Å². The lowest BCUT2D eigenvalue weighted by molar-refractivity contribution is -0.0493. The highest BCUT2D eigenvalue weighted by Crippen LogP contribution is 2.24. The Labute approximate surface area is 124 Å². The molecule has 0 bridgehead atoms. The monoisotopic (exact) mass is 280 g/mol. The molecule has 0 spiro atoms. The molecule has 0 aromatic heterocycles. The first-order valence-corrected chi connectivity index (χ1v) is 8.44. The lowest BCUT2D eigenvalue weighted by Gasteiger charge is -2.40. The highest BCUT2D eigenvalue weighted by atomic mass is 16.5. The maximum absolute atomic E-state index is 6.09. The lowest BCUT2D eigenvalue weighted by atomic mass is 9.91. The van der Waals surface area contributed by atoms with E-state index in [1.54, 1.807) is 5.57 Å². The van der Waals surface area contributed by atoms with Crippen molar-refractivity contribution >= 4 is 0 Å². The van der Waals surface area contributed by atoms with Gasteiger partial charge in [-0.1, -0.05) is 24.5 Å². The largest absolute Gasteiger partial charge is 0.374 e. The number of rotatable bonds is 4. The topological polar surface area (TPSA) is 24.5 Å². The van der Waals surface area contributed by atoms with Crippen molar-refractivity contribution in [2.24, 2.45) is 0 Å². The molecule has 1 saturated heterocycles. The van der Waals surface area contributed by atoms with E-state index in [1.807, 2.05) is 0 Å². The second kappa shape index (κ2) is 8.16. The molecule has 2 aliphatic rings. The van der Waals surface area contributed by atoms with Gasteiger partial charge in [0.1, 0.15) is 0 Å². The Morgan fingerprint density at radius 1 is 1.25 bits per heavy atom. The van der Waals surface area contributed by atoms with Crippen LogP contribution in [0.2, 0.25) is 0 Å². The zero-order valence-electron chi connectivity index (χ0n) is 13.5. The average Bonchev–Trinajstić information content (AvgIpc) is 2.42. The van der Waals surface area contributed by atoms with Crippen LogP contribution in [0.25, 0.3) is 0 Å². The van der Waals surface area contributed by atoms with Crippen molar-refractivity contribution in [3.63, 3.8) is 0 Å². The molecule has 0 aromatic rings. The van der Waals surface area contributed by atoms with E-state index < -0.39 is 0 Å². The molecule has 1 heterocycles. The summed E-state index contributed by atoms with van der Waals surface area (Å²) in [6.45, 7) is 7.57. The number of likely N-dealkylation sites (N-methyl/N-ethyl adjacent to an activating group) is 1. The van der Waals surface area contributed by atoms with E-state index in [0.29, 0.717) is 18.2 Å². The fraction of sp³-hybridized carbons (Fsp3) is 0.882. The molecule has 3 heteroatoms. The van der Waals surface area contributed by atoms with Gasteiger partial charge in [-0.05, 0) is 46.6 Å². The molecule has 2 rings (SSSR count). The van der Waals surface area contributed by atoms with Crippen LogP contribution in [-0.4, -0.2) is 49.8 Å². The molecule has 0 radical (unpaired) electrons. The number of nitrogens with one attached hydrogen (secondary N) is 1. The van der Waals surface area contributed by atoms with Crippen LogP contribution in [0.5, 0.6) is 0 Å². The SMILES string of the molecule is CNC(C1=CCCCCCC1)C1CN(C(C)C)CCO1. The minimum absolute atomic E-state index is 0.307. The second-order valence-electron chi connectivity index (χ2n) is 6.50. The fourth-order valence-corrected chi connectivity index (χ4v) is 3.48. The van der Waals surface area contributed by atoms with Gasteiger partial charge in [-0.3, -0.25) is 4.90 Å². The van der Waals surface area contributed by atoms with E-state index in [0.717, 1.165) is 19.7 Å². The third kappa shape index (κ3) is 4.31. The molecule has 2 unspecified atom stereocenters. The van der Waals surface area contributed by atoms with Crippen molar-refractivity contribution in [2.45, 2.75) is 70.6 Å². The Kier molecular flexibility index (Phi) is 6.53. The molecule has 1 fully saturated rings. The van der Waals surface area contributed by atoms with Crippen molar-refractivity contribution < 1.29 is 4.74 Å². The summed E-state index contributed by atoms with van der Waals surface area (Å²) in [5, 5.41) is 3.53. The summed E-state index contributed by atoms with van der Waals surface area (Å²) in [4.78, 5) is 2.54. The molecule has 2 atom stereocenters. The van der Waals surface area contributed by atoms with Crippen molar-refractivity contribution in [3.05, 3.63) is 11.6 Å². The van der Waals surface area contributed by atoms with Gasteiger partial charge in [0.05, 0.1) is 18.8 Å². The number of morpholine rings is 1. The van der Waals surface area contributed by atoms with Gasteiger partial charge in [0.15, 0.2) is 0 Å². The maximum Gasteiger partial charge on any atom is 0.0893 e. The summed E-state index contributed by atoms with van der Waals surface area (Å²) < 4.78 is 6.09. The molecule has 0 aromatic carbocycles. The first kappa shape index (κ1) is 16.0. The number of ether oxygens (including phenoxy) is 1. The van der Waals surface area contributed by atoms with Crippen LogP contribution in [0.3, 0.4) is 0 Å². The van der Waals surface area contributed by atoms with Gasteiger partial charge in [0, 0.05) is 19.1 Å². The summed E-state index contributed by atoms with van der Waals surface area (Å²) in [5.41, 5.74) is 1.59. The Bertz CT molecular complexity index is 314. The molecule has 0 amide bonds. The normalized spacial score (nSPS) is 27.8. The van der Waals surface area contributed by atoms with E-state index in [2.05, 4.69) is 37.2 Å². The van der Waals surface area contributed by atoms with Crippen LogP contribution in [0.15, 0.2) is 11.6 Å². The molecule has 116 valence electrons. The van der Waals surface area contributed by atoms with Crippen LogP contribution in [0.1, 0.15) is 52.4 Å². The minimum Gasteiger partial charge on any atom is -0.374 e. The van der Waals surface area contributed by atoms with Crippen molar-refractivity contribution in [3.8, 4) is 0 Å². The zero-order chi connectivity index (χ0) is 14.4.